The standard InChI is InChI=1S/C17H29N3/c1-4-18-15(2)16-9-5-6-10-17(16)19(3)13-14-20-11-7-8-12-20/h5-6,9-10,15,18H,4,7-8,11-14H2,1-3H3. The highest BCUT2D eigenvalue weighted by Gasteiger charge is 2.15. The van der Waals surface area contributed by atoms with Crippen molar-refractivity contribution in [2.24, 2.45) is 0 Å². The number of rotatable bonds is 7. The third-order valence-corrected chi connectivity index (χ3v) is 4.28. The first-order valence-corrected chi connectivity index (χ1v) is 7.98. The molecule has 0 spiro atoms. The molecule has 1 aliphatic heterocycles. The Balaban J connectivity index is 1.98. The van der Waals surface area contributed by atoms with Gasteiger partial charge in [-0.25, -0.2) is 0 Å². The normalized spacial score (nSPS) is 17.4. The van der Waals surface area contributed by atoms with Crippen LogP contribution in [0.1, 0.15) is 38.3 Å². The molecule has 3 nitrogen and oxygen atoms in total. The summed E-state index contributed by atoms with van der Waals surface area (Å²) in [6, 6.07) is 9.18. The molecular weight excluding hydrogens is 246 g/mol. The van der Waals surface area contributed by atoms with Crippen molar-refractivity contribution in [2.45, 2.75) is 32.7 Å². The quantitative estimate of drug-likeness (QED) is 0.825. The molecule has 1 aromatic rings. The van der Waals surface area contributed by atoms with Gasteiger partial charge in [-0.15, -0.1) is 0 Å². The summed E-state index contributed by atoms with van der Waals surface area (Å²) in [4.78, 5) is 4.98. The smallest absolute Gasteiger partial charge is 0.0412 e. The van der Waals surface area contributed by atoms with Gasteiger partial charge in [-0.2, -0.15) is 0 Å². The van der Waals surface area contributed by atoms with E-state index in [9.17, 15) is 0 Å². The van der Waals surface area contributed by atoms with Gasteiger partial charge in [0.1, 0.15) is 0 Å². The molecule has 0 aromatic heterocycles. The zero-order valence-electron chi connectivity index (χ0n) is 13.2. The molecule has 1 unspecified atom stereocenters. The average molecular weight is 275 g/mol. The Kier molecular flexibility index (Phi) is 5.86. The van der Waals surface area contributed by atoms with Crippen molar-refractivity contribution in [3.8, 4) is 0 Å². The first-order valence-electron chi connectivity index (χ1n) is 7.98. The number of likely N-dealkylation sites (tertiary alicyclic amines) is 1. The van der Waals surface area contributed by atoms with E-state index in [0.29, 0.717) is 6.04 Å². The van der Waals surface area contributed by atoms with E-state index < -0.39 is 0 Å². The second-order valence-corrected chi connectivity index (χ2v) is 5.81. The minimum absolute atomic E-state index is 0.408. The molecule has 0 bridgehead atoms. The largest absolute Gasteiger partial charge is 0.373 e. The fraction of sp³-hybridized carbons (Fsp3) is 0.647. The Morgan fingerprint density at radius 3 is 2.65 bits per heavy atom. The summed E-state index contributed by atoms with van der Waals surface area (Å²) in [6.45, 7) is 10.3. The molecule has 1 aliphatic rings. The molecule has 2 rings (SSSR count). The van der Waals surface area contributed by atoms with Crippen LogP contribution >= 0.6 is 0 Å². The van der Waals surface area contributed by atoms with Gasteiger partial charge in [-0.1, -0.05) is 25.1 Å². The second kappa shape index (κ2) is 7.65. The number of anilines is 1. The van der Waals surface area contributed by atoms with Gasteiger partial charge in [0.05, 0.1) is 0 Å². The highest BCUT2D eigenvalue weighted by Crippen LogP contribution is 2.25. The fourth-order valence-corrected chi connectivity index (χ4v) is 3.04. The number of hydrogen-bond acceptors (Lipinski definition) is 3. The van der Waals surface area contributed by atoms with Crippen molar-refractivity contribution in [3.63, 3.8) is 0 Å². The number of hydrogen-bond donors (Lipinski definition) is 1. The molecule has 112 valence electrons. The lowest BCUT2D eigenvalue weighted by Crippen LogP contribution is -2.32. The third-order valence-electron chi connectivity index (χ3n) is 4.28. The molecule has 0 radical (unpaired) electrons. The zero-order chi connectivity index (χ0) is 14.4. The predicted molar refractivity (Wildman–Crippen MR) is 87.5 cm³/mol. The lowest BCUT2D eigenvalue weighted by atomic mass is 10.1. The summed E-state index contributed by atoms with van der Waals surface area (Å²) in [7, 11) is 2.22. The van der Waals surface area contributed by atoms with Crippen LogP contribution in [0.4, 0.5) is 5.69 Å². The van der Waals surface area contributed by atoms with Crippen molar-refractivity contribution in [3.05, 3.63) is 29.8 Å². The predicted octanol–water partition coefficient (Wildman–Crippen LogP) is 2.89. The van der Waals surface area contributed by atoms with Gasteiger partial charge in [0.25, 0.3) is 0 Å². The van der Waals surface area contributed by atoms with Gasteiger partial charge >= 0.3 is 0 Å². The lowest BCUT2D eigenvalue weighted by Gasteiger charge is -2.27. The summed E-state index contributed by atoms with van der Waals surface area (Å²) in [5.41, 5.74) is 2.76. The third kappa shape index (κ3) is 3.97. The summed E-state index contributed by atoms with van der Waals surface area (Å²) < 4.78 is 0. The molecule has 0 aliphatic carbocycles. The highest BCUT2D eigenvalue weighted by atomic mass is 15.2. The van der Waals surface area contributed by atoms with Crippen LogP contribution in [0.3, 0.4) is 0 Å². The molecule has 1 fully saturated rings. The maximum absolute atomic E-state index is 3.52. The molecule has 0 amide bonds. The van der Waals surface area contributed by atoms with Gasteiger partial charge in [0.2, 0.25) is 0 Å². The van der Waals surface area contributed by atoms with Gasteiger partial charge in [0, 0.05) is 31.9 Å². The monoisotopic (exact) mass is 275 g/mol. The number of likely N-dealkylation sites (N-methyl/N-ethyl adjacent to an activating group) is 1. The van der Waals surface area contributed by atoms with Crippen molar-refractivity contribution >= 4 is 5.69 Å². The summed E-state index contributed by atoms with van der Waals surface area (Å²) in [5.74, 6) is 0. The molecule has 1 aromatic carbocycles. The van der Waals surface area contributed by atoms with Crippen LogP contribution in [-0.2, 0) is 0 Å². The van der Waals surface area contributed by atoms with E-state index in [1.807, 2.05) is 0 Å². The zero-order valence-corrected chi connectivity index (χ0v) is 13.2. The fourth-order valence-electron chi connectivity index (χ4n) is 3.04. The van der Waals surface area contributed by atoms with E-state index >= 15 is 0 Å². The summed E-state index contributed by atoms with van der Waals surface area (Å²) in [5, 5.41) is 3.52. The van der Waals surface area contributed by atoms with Crippen LogP contribution in [0.15, 0.2) is 24.3 Å². The molecule has 3 heteroatoms. The Morgan fingerprint density at radius 2 is 1.95 bits per heavy atom. The second-order valence-electron chi connectivity index (χ2n) is 5.81. The van der Waals surface area contributed by atoms with E-state index in [2.05, 4.69) is 60.3 Å². The van der Waals surface area contributed by atoms with Crippen molar-refractivity contribution < 1.29 is 0 Å². The molecule has 20 heavy (non-hydrogen) atoms. The minimum Gasteiger partial charge on any atom is -0.373 e. The molecule has 1 N–H and O–H groups in total. The Bertz CT molecular complexity index is 399. The number of para-hydroxylation sites is 1. The molecule has 1 saturated heterocycles. The molecular formula is C17H29N3. The van der Waals surface area contributed by atoms with E-state index in [1.165, 1.54) is 43.7 Å². The minimum atomic E-state index is 0.408. The SMILES string of the molecule is CCNC(C)c1ccccc1N(C)CCN1CCCC1. The summed E-state index contributed by atoms with van der Waals surface area (Å²) in [6.07, 6.45) is 2.75. The maximum atomic E-state index is 3.52. The van der Waals surface area contributed by atoms with E-state index in [0.717, 1.165) is 13.1 Å². The lowest BCUT2D eigenvalue weighted by molar-refractivity contribution is 0.346. The van der Waals surface area contributed by atoms with Crippen LogP contribution < -0.4 is 10.2 Å². The number of benzene rings is 1. The van der Waals surface area contributed by atoms with Gasteiger partial charge in [-0.3, -0.25) is 0 Å². The molecule has 1 heterocycles. The van der Waals surface area contributed by atoms with Crippen molar-refractivity contribution in [1.82, 2.24) is 10.2 Å². The molecule has 1 atom stereocenters. The Hall–Kier alpha value is -1.06. The van der Waals surface area contributed by atoms with Crippen LogP contribution in [-0.4, -0.2) is 44.7 Å². The van der Waals surface area contributed by atoms with E-state index in [1.54, 1.807) is 0 Å². The van der Waals surface area contributed by atoms with Crippen molar-refractivity contribution in [1.29, 1.82) is 0 Å². The first-order chi connectivity index (χ1) is 9.72. The number of nitrogens with zero attached hydrogens (tertiary/aromatic N) is 2. The van der Waals surface area contributed by atoms with Gasteiger partial charge < -0.3 is 15.1 Å². The van der Waals surface area contributed by atoms with Crippen LogP contribution in [0.2, 0.25) is 0 Å². The van der Waals surface area contributed by atoms with Crippen molar-refractivity contribution in [2.75, 3.05) is 44.7 Å². The first kappa shape index (κ1) is 15.3. The topological polar surface area (TPSA) is 18.5 Å². The Labute approximate surface area is 124 Å². The van der Waals surface area contributed by atoms with Gasteiger partial charge in [0.15, 0.2) is 0 Å². The average Bonchev–Trinajstić information content (AvgIpc) is 2.98. The van der Waals surface area contributed by atoms with Crippen LogP contribution in [0, 0.1) is 0 Å². The van der Waals surface area contributed by atoms with Crippen LogP contribution in [0.25, 0.3) is 0 Å². The summed E-state index contributed by atoms with van der Waals surface area (Å²) >= 11 is 0. The highest BCUT2D eigenvalue weighted by molar-refractivity contribution is 5.54. The van der Waals surface area contributed by atoms with E-state index in [-0.39, 0.29) is 0 Å². The van der Waals surface area contributed by atoms with E-state index in [4.69, 9.17) is 0 Å². The Morgan fingerprint density at radius 1 is 1.25 bits per heavy atom. The number of nitrogens with one attached hydrogen (secondary N) is 1. The molecule has 0 saturated carbocycles. The van der Waals surface area contributed by atoms with Gasteiger partial charge in [-0.05, 0) is 51.0 Å². The maximum Gasteiger partial charge on any atom is 0.0412 e. The van der Waals surface area contributed by atoms with Crippen LogP contribution in [0.5, 0.6) is 0 Å².